The first kappa shape index (κ1) is 18.4. The van der Waals surface area contributed by atoms with E-state index in [0.717, 1.165) is 24.2 Å². The van der Waals surface area contributed by atoms with Crippen molar-refractivity contribution in [3.63, 3.8) is 0 Å². The highest BCUT2D eigenvalue weighted by molar-refractivity contribution is 5.88. The minimum Gasteiger partial charge on any atom is -0.478 e. The average molecular weight is 358 g/mol. The Morgan fingerprint density at radius 3 is 2.35 bits per heavy atom. The van der Waals surface area contributed by atoms with Crippen LogP contribution < -0.4 is 4.90 Å². The van der Waals surface area contributed by atoms with Gasteiger partial charge in [0.15, 0.2) is 0 Å². The summed E-state index contributed by atoms with van der Waals surface area (Å²) < 4.78 is 12.9. The van der Waals surface area contributed by atoms with E-state index in [2.05, 4.69) is 4.90 Å². The van der Waals surface area contributed by atoms with E-state index in [1.165, 1.54) is 12.1 Å². The van der Waals surface area contributed by atoms with Crippen LogP contribution in [-0.4, -0.2) is 59.9 Å². The van der Waals surface area contributed by atoms with Gasteiger partial charge in [-0.3, -0.25) is 4.90 Å². The number of β-amino-alcohol motifs (C(OH)–C–C–N with tert-alkyl or cyclic N) is 1. The molecule has 0 saturated carbocycles. The molecule has 2 aromatic carbocycles. The fourth-order valence-corrected chi connectivity index (χ4v) is 3.37. The average Bonchev–Trinajstić information content (AvgIpc) is 2.59. The minimum atomic E-state index is -0.950. The van der Waals surface area contributed by atoms with Gasteiger partial charge in [0.05, 0.1) is 5.56 Å². The molecule has 0 amide bonds. The third-order valence-electron chi connectivity index (χ3n) is 4.75. The lowest BCUT2D eigenvalue weighted by molar-refractivity contribution is -0.0896. The van der Waals surface area contributed by atoms with Gasteiger partial charge in [0.1, 0.15) is 11.4 Å². The summed E-state index contributed by atoms with van der Waals surface area (Å²) in [6.07, 6.45) is 0.822. The molecule has 0 bridgehead atoms. The molecule has 138 valence electrons. The van der Waals surface area contributed by atoms with E-state index in [1.54, 1.807) is 36.4 Å². The number of aromatic carboxylic acids is 1. The Bertz CT molecular complexity index is 756. The van der Waals surface area contributed by atoms with Gasteiger partial charge in [-0.15, -0.1) is 0 Å². The van der Waals surface area contributed by atoms with Gasteiger partial charge in [0.2, 0.25) is 0 Å². The Balaban J connectivity index is 1.47. The fraction of sp³-hybridized carbons (Fsp3) is 0.350. The van der Waals surface area contributed by atoms with E-state index in [4.69, 9.17) is 5.11 Å². The van der Waals surface area contributed by atoms with Crippen molar-refractivity contribution in [3.8, 4) is 0 Å². The van der Waals surface area contributed by atoms with Gasteiger partial charge in [0.25, 0.3) is 0 Å². The third kappa shape index (κ3) is 4.39. The second-order valence-corrected chi connectivity index (χ2v) is 7.02. The number of hydrogen-bond donors (Lipinski definition) is 2. The molecular formula is C20H23FN2O3. The predicted molar refractivity (Wildman–Crippen MR) is 98.2 cm³/mol. The van der Waals surface area contributed by atoms with Crippen LogP contribution in [0, 0.1) is 5.82 Å². The lowest BCUT2D eigenvalue weighted by Crippen LogP contribution is -2.66. The number of benzene rings is 2. The number of carbonyl (C=O) groups is 1. The molecule has 1 heterocycles. The third-order valence-corrected chi connectivity index (χ3v) is 4.75. The van der Waals surface area contributed by atoms with Crippen LogP contribution in [0.15, 0.2) is 48.5 Å². The summed E-state index contributed by atoms with van der Waals surface area (Å²) >= 11 is 0. The topological polar surface area (TPSA) is 64.0 Å². The van der Waals surface area contributed by atoms with Crippen molar-refractivity contribution in [1.29, 1.82) is 0 Å². The van der Waals surface area contributed by atoms with E-state index >= 15 is 0 Å². The molecule has 2 aromatic rings. The van der Waals surface area contributed by atoms with Crippen LogP contribution in [0.2, 0.25) is 0 Å². The van der Waals surface area contributed by atoms with Crippen LogP contribution in [0.3, 0.4) is 0 Å². The van der Waals surface area contributed by atoms with E-state index in [1.807, 2.05) is 11.9 Å². The first-order valence-electron chi connectivity index (χ1n) is 8.58. The van der Waals surface area contributed by atoms with Gasteiger partial charge in [-0.1, -0.05) is 12.1 Å². The smallest absolute Gasteiger partial charge is 0.335 e. The number of hydrogen-bond acceptors (Lipinski definition) is 4. The molecule has 1 fully saturated rings. The Labute approximate surface area is 152 Å². The van der Waals surface area contributed by atoms with Gasteiger partial charge in [0, 0.05) is 38.9 Å². The number of likely N-dealkylation sites (tertiary alicyclic amines) is 1. The zero-order valence-electron chi connectivity index (χ0n) is 14.7. The summed E-state index contributed by atoms with van der Waals surface area (Å²) in [6, 6.07) is 13.1. The highest BCUT2D eigenvalue weighted by Crippen LogP contribution is 2.24. The number of halogens is 1. The zero-order valence-corrected chi connectivity index (χ0v) is 14.7. The summed E-state index contributed by atoms with van der Waals surface area (Å²) in [5.41, 5.74) is 1.42. The zero-order chi connectivity index (χ0) is 18.7. The number of carboxylic acids is 1. The maximum atomic E-state index is 12.9. The molecule has 0 radical (unpaired) electrons. The lowest BCUT2D eigenvalue weighted by Gasteiger charge is -2.48. The van der Waals surface area contributed by atoms with Crippen molar-refractivity contribution in [2.45, 2.75) is 12.0 Å². The van der Waals surface area contributed by atoms with E-state index < -0.39 is 11.6 Å². The maximum absolute atomic E-state index is 12.9. The molecule has 0 unspecified atom stereocenters. The van der Waals surface area contributed by atoms with Gasteiger partial charge in [-0.2, -0.15) is 0 Å². The first-order chi connectivity index (χ1) is 12.3. The highest BCUT2D eigenvalue weighted by Gasteiger charge is 2.41. The Kier molecular flexibility index (Phi) is 5.25. The molecule has 1 aliphatic rings. The molecule has 5 nitrogen and oxygen atoms in total. The highest BCUT2D eigenvalue weighted by atomic mass is 19.1. The Hall–Kier alpha value is -2.44. The summed E-state index contributed by atoms with van der Waals surface area (Å²) in [6.45, 7) is 2.48. The number of anilines is 1. The van der Waals surface area contributed by atoms with Crippen LogP contribution in [0.5, 0.6) is 0 Å². The van der Waals surface area contributed by atoms with Crippen molar-refractivity contribution >= 4 is 11.7 Å². The molecule has 3 rings (SSSR count). The molecule has 0 aromatic heterocycles. The molecular weight excluding hydrogens is 335 g/mol. The molecule has 0 atom stereocenters. The Morgan fingerprint density at radius 1 is 1.15 bits per heavy atom. The maximum Gasteiger partial charge on any atom is 0.335 e. The normalized spacial score (nSPS) is 16.1. The van der Waals surface area contributed by atoms with Gasteiger partial charge >= 0.3 is 5.97 Å². The fourth-order valence-electron chi connectivity index (χ4n) is 3.37. The molecule has 0 aliphatic carbocycles. The molecule has 1 aliphatic heterocycles. The predicted octanol–water partition coefficient (Wildman–Crippen LogP) is 2.25. The van der Waals surface area contributed by atoms with Crippen LogP contribution in [0.25, 0.3) is 0 Å². The van der Waals surface area contributed by atoms with Gasteiger partial charge in [-0.05, 0) is 48.4 Å². The number of carboxylic acid groups (broad SMARTS) is 1. The van der Waals surface area contributed by atoms with Crippen molar-refractivity contribution in [3.05, 3.63) is 65.5 Å². The van der Waals surface area contributed by atoms with E-state index in [9.17, 15) is 14.3 Å². The van der Waals surface area contributed by atoms with Crippen molar-refractivity contribution in [1.82, 2.24) is 4.90 Å². The van der Waals surface area contributed by atoms with Crippen LogP contribution >= 0.6 is 0 Å². The van der Waals surface area contributed by atoms with Crippen molar-refractivity contribution < 1.29 is 19.4 Å². The summed E-state index contributed by atoms with van der Waals surface area (Å²) in [4.78, 5) is 15.0. The van der Waals surface area contributed by atoms with Crippen molar-refractivity contribution in [2.24, 2.45) is 0 Å². The summed E-state index contributed by atoms with van der Waals surface area (Å²) in [7, 11) is 1.88. The summed E-state index contributed by atoms with van der Waals surface area (Å²) in [5.74, 6) is -1.18. The molecule has 6 heteroatoms. The van der Waals surface area contributed by atoms with Crippen molar-refractivity contribution in [2.75, 3.05) is 38.1 Å². The lowest BCUT2D eigenvalue weighted by atomic mass is 9.92. The van der Waals surface area contributed by atoms with E-state index in [0.29, 0.717) is 19.6 Å². The molecule has 26 heavy (non-hydrogen) atoms. The molecule has 2 N–H and O–H groups in total. The number of nitrogens with zero attached hydrogens (tertiary/aromatic N) is 2. The largest absolute Gasteiger partial charge is 0.478 e. The van der Waals surface area contributed by atoms with E-state index in [-0.39, 0.29) is 11.4 Å². The second kappa shape index (κ2) is 7.43. The monoisotopic (exact) mass is 358 g/mol. The SMILES string of the molecule is CN(CC1(O)CN(CCc2ccc(F)cc2)C1)c1ccc(C(=O)O)cc1. The standard InChI is InChI=1S/C20H23FN2O3/c1-22(18-8-4-16(5-9-18)19(24)25)12-20(26)13-23(14-20)11-10-15-2-6-17(21)7-3-15/h2-9,26H,10-14H2,1H3,(H,24,25). The summed E-state index contributed by atoms with van der Waals surface area (Å²) in [5, 5.41) is 19.6. The second-order valence-electron chi connectivity index (χ2n) is 7.02. The number of likely N-dealkylation sites (N-methyl/N-ethyl adjacent to an activating group) is 1. The number of aliphatic hydroxyl groups is 1. The number of rotatable bonds is 7. The quantitative estimate of drug-likeness (QED) is 0.795. The van der Waals surface area contributed by atoms with Gasteiger partial charge in [-0.25, -0.2) is 9.18 Å². The minimum absolute atomic E-state index is 0.230. The molecule has 1 saturated heterocycles. The van der Waals surface area contributed by atoms with Crippen LogP contribution in [0.4, 0.5) is 10.1 Å². The molecule has 0 spiro atoms. The van der Waals surface area contributed by atoms with Crippen LogP contribution in [0.1, 0.15) is 15.9 Å². The Morgan fingerprint density at radius 2 is 1.77 bits per heavy atom. The van der Waals surface area contributed by atoms with Gasteiger partial charge < -0.3 is 15.1 Å². The van der Waals surface area contributed by atoms with Crippen LogP contribution in [-0.2, 0) is 6.42 Å². The first-order valence-corrected chi connectivity index (χ1v) is 8.58.